The molecule has 1 aromatic carbocycles. The van der Waals surface area contributed by atoms with Crippen molar-refractivity contribution in [1.82, 2.24) is 10.2 Å². The van der Waals surface area contributed by atoms with Crippen molar-refractivity contribution in [2.24, 2.45) is 0 Å². The van der Waals surface area contributed by atoms with Crippen molar-refractivity contribution in [2.75, 3.05) is 43.4 Å². The van der Waals surface area contributed by atoms with E-state index >= 15 is 0 Å². The zero-order chi connectivity index (χ0) is 20.1. The molecule has 3 rings (SSSR count). The van der Waals surface area contributed by atoms with Crippen LogP contribution in [-0.2, 0) is 4.79 Å². The lowest BCUT2D eigenvalue weighted by atomic mass is 10.2. The van der Waals surface area contributed by atoms with E-state index in [0.717, 1.165) is 43.2 Å². The van der Waals surface area contributed by atoms with Crippen molar-refractivity contribution < 1.29 is 14.3 Å². The lowest BCUT2D eigenvalue weighted by Gasteiger charge is -2.34. The summed E-state index contributed by atoms with van der Waals surface area (Å²) in [7, 11) is 2.12. The summed E-state index contributed by atoms with van der Waals surface area (Å²) in [5.74, 6) is -0.325. The van der Waals surface area contributed by atoms with E-state index in [0.29, 0.717) is 15.1 Å². The van der Waals surface area contributed by atoms with Crippen LogP contribution in [0.15, 0.2) is 36.4 Å². The van der Waals surface area contributed by atoms with Crippen LogP contribution in [0.1, 0.15) is 6.92 Å². The van der Waals surface area contributed by atoms with E-state index in [1.807, 2.05) is 24.3 Å². The molecule has 0 saturated carbocycles. The molecule has 1 aliphatic rings. The smallest absolute Gasteiger partial charge is 0.399 e. The third-order valence-electron chi connectivity index (χ3n) is 4.47. The Bertz CT molecular complexity index is 819. The highest BCUT2D eigenvalue weighted by atomic mass is 35.5. The lowest BCUT2D eigenvalue weighted by Crippen LogP contribution is -2.44. The zero-order valence-corrected chi connectivity index (χ0v) is 17.3. The Morgan fingerprint density at radius 2 is 1.79 bits per heavy atom. The third kappa shape index (κ3) is 5.60. The zero-order valence-electron chi connectivity index (χ0n) is 15.8. The summed E-state index contributed by atoms with van der Waals surface area (Å²) in [5.41, 5.74) is 1.81. The van der Waals surface area contributed by atoms with Crippen LogP contribution < -0.4 is 20.3 Å². The number of ether oxygens (including phenoxy) is 1. The van der Waals surface area contributed by atoms with Gasteiger partial charge in [0.2, 0.25) is 5.91 Å². The van der Waals surface area contributed by atoms with Gasteiger partial charge < -0.3 is 25.2 Å². The number of halogens is 1. The summed E-state index contributed by atoms with van der Waals surface area (Å²) in [6.07, 6.45) is -0.702. The Labute approximate surface area is 173 Å². The van der Waals surface area contributed by atoms with Gasteiger partial charge in [-0.2, -0.15) is 0 Å². The Morgan fingerprint density at radius 1 is 1.11 bits per heavy atom. The fourth-order valence-electron chi connectivity index (χ4n) is 2.79. The van der Waals surface area contributed by atoms with Gasteiger partial charge in [-0.25, -0.2) is 4.79 Å². The van der Waals surface area contributed by atoms with Crippen molar-refractivity contribution in [3.05, 3.63) is 40.7 Å². The molecule has 150 valence electrons. The van der Waals surface area contributed by atoms with Crippen LogP contribution in [0.25, 0.3) is 0 Å². The average molecular weight is 423 g/mol. The SMILES string of the molecule is CC(NC(=O)Oc1ccc(Cl)s1)C(=O)Nc1ccc(N2CCN(C)CC2)cc1. The van der Waals surface area contributed by atoms with E-state index in [9.17, 15) is 9.59 Å². The molecule has 7 nitrogen and oxygen atoms in total. The molecule has 1 aliphatic heterocycles. The quantitative estimate of drug-likeness (QED) is 0.773. The summed E-state index contributed by atoms with van der Waals surface area (Å²) in [5, 5.41) is 5.67. The molecule has 0 bridgehead atoms. The molecule has 2 N–H and O–H groups in total. The number of thiophene rings is 1. The number of likely N-dealkylation sites (N-methyl/N-ethyl adjacent to an activating group) is 1. The van der Waals surface area contributed by atoms with Gasteiger partial charge in [0.05, 0.1) is 4.34 Å². The first-order valence-electron chi connectivity index (χ1n) is 8.99. The highest BCUT2D eigenvalue weighted by molar-refractivity contribution is 7.17. The largest absolute Gasteiger partial charge is 0.414 e. The fourth-order valence-corrected chi connectivity index (χ4v) is 3.66. The van der Waals surface area contributed by atoms with E-state index < -0.39 is 12.1 Å². The Balaban J connectivity index is 1.48. The van der Waals surface area contributed by atoms with Crippen molar-refractivity contribution in [1.29, 1.82) is 0 Å². The molecule has 2 aromatic rings. The molecular formula is C19H23ClN4O3S. The van der Waals surface area contributed by atoms with Gasteiger partial charge in [0.25, 0.3) is 0 Å². The number of carbonyl (C=O) groups is 2. The van der Waals surface area contributed by atoms with Gasteiger partial charge in [0.15, 0.2) is 5.06 Å². The monoisotopic (exact) mass is 422 g/mol. The van der Waals surface area contributed by atoms with Crippen LogP contribution in [0.5, 0.6) is 5.06 Å². The van der Waals surface area contributed by atoms with Crippen molar-refractivity contribution in [2.45, 2.75) is 13.0 Å². The minimum absolute atomic E-state index is 0.325. The predicted octanol–water partition coefficient (Wildman–Crippen LogP) is 3.27. The van der Waals surface area contributed by atoms with Crippen LogP contribution >= 0.6 is 22.9 Å². The minimum Gasteiger partial charge on any atom is -0.399 e. The molecule has 0 aliphatic carbocycles. The molecule has 1 atom stereocenters. The first kappa shape index (κ1) is 20.4. The standard InChI is InChI=1S/C19H23ClN4O3S/c1-13(21-19(26)27-17-8-7-16(20)28-17)18(25)22-14-3-5-15(6-4-14)24-11-9-23(2)10-12-24/h3-8,13H,9-12H2,1-2H3,(H,21,26)(H,22,25). The summed E-state index contributed by atoms with van der Waals surface area (Å²) in [6, 6.07) is 10.2. The van der Waals surface area contributed by atoms with Gasteiger partial charge in [-0.3, -0.25) is 4.79 Å². The summed E-state index contributed by atoms with van der Waals surface area (Å²) in [6.45, 7) is 5.64. The maximum atomic E-state index is 12.3. The Morgan fingerprint density at radius 3 is 2.39 bits per heavy atom. The molecule has 1 fully saturated rings. The van der Waals surface area contributed by atoms with Gasteiger partial charge in [-0.15, -0.1) is 0 Å². The third-order valence-corrected chi connectivity index (χ3v) is 5.58. The van der Waals surface area contributed by atoms with Crippen molar-refractivity contribution >= 4 is 46.3 Å². The van der Waals surface area contributed by atoms with Gasteiger partial charge >= 0.3 is 6.09 Å². The number of anilines is 2. The highest BCUT2D eigenvalue weighted by Gasteiger charge is 2.18. The highest BCUT2D eigenvalue weighted by Crippen LogP contribution is 2.28. The second-order valence-electron chi connectivity index (χ2n) is 6.64. The molecule has 0 spiro atoms. The molecule has 1 unspecified atom stereocenters. The number of hydrogen-bond donors (Lipinski definition) is 2. The van der Waals surface area contributed by atoms with Gasteiger partial charge in [-0.1, -0.05) is 22.9 Å². The summed E-state index contributed by atoms with van der Waals surface area (Å²) < 4.78 is 5.61. The summed E-state index contributed by atoms with van der Waals surface area (Å²) in [4.78, 5) is 28.8. The van der Waals surface area contributed by atoms with Gasteiger partial charge in [-0.05, 0) is 50.4 Å². The second kappa shape index (κ2) is 9.27. The number of hydrogen-bond acceptors (Lipinski definition) is 6. The maximum absolute atomic E-state index is 12.3. The predicted molar refractivity (Wildman–Crippen MR) is 113 cm³/mol. The van der Waals surface area contributed by atoms with Crippen LogP contribution in [0, 0.1) is 0 Å². The second-order valence-corrected chi connectivity index (χ2v) is 8.32. The molecule has 1 saturated heterocycles. The molecular weight excluding hydrogens is 400 g/mol. The van der Waals surface area contributed by atoms with E-state index in [2.05, 4.69) is 27.5 Å². The number of piperazine rings is 1. The van der Waals surface area contributed by atoms with E-state index in [-0.39, 0.29) is 5.91 Å². The number of nitrogens with one attached hydrogen (secondary N) is 2. The minimum atomic E-state index is -0.750. The van der Waals surface area contributed by atoms with E-state index in [1.165, 1.54) is 0 Å². The van der Waals surface area contributed by atoms with Crippen molar-refractivity contribution in [3.63, 3.8) is 0 Å². The van der Waals surface area contributed by atoms with E-state index in [1.54, 1.807) is 19.1 Å². The van der Waals surface area contributed by atoms with Gasteiger partial charge in [0, 0.05) is 37.6 Å². The number of rotatable bonds is 5. The van der Waals surface area contributed by atoms with Crippen LogP contribution in [-0.4, -0.2) is 56.2 Å². The normalized spacial score (nSPS) is 15.8. The van der Waals surface area contributed by atoms with Crippen LogP contribution in [0.4, 0.5) is 16.2 Å². The number of benzene rings is 1. The first-order valence-corrected chi connectivity index (χ1v) is 10.2. The average Bonchev–Trinajstić information content (AvgIpc) is 3.07. The van der Waals surface area contributed by atoms with E-state index in [4.69, 9.17) is 16.3 Å². The molecule has 2 amide bonds. The lowest BCUT2D eigenvalue weighted by molar-refractivity contribution is -0.117. The van der Waals surface area contributed by atoms with Gasteiger partial charge in [0.1, 0.15) is 6.04 Å². The molecule has 2 heterocycles. The molecule has 1 aromatic heterocycles. The molecule has 9 heteroatoms. The number of nitrogens with zero attached hydrogens (tertiary/aromatic N) is 2. The molecule has 28 heavy (non-hydrogen) atoms. The Hall–Kier alpha value is -2.29. The number of carbonyl (C=O) groups excluding carboxylic acids is 2. The van der Waals surface area contributed by atoms with Crippen molar-refractivity contribution in [3.8, 4) is 5.06 Å². The van der Waals surface area contributed by atoms with Crippen LogP contribution in [0.2, 0.25) is 4.34 Å². The maximum Gasteiger partial charge on any atom is 0.414 e. The fraction of sp³-hybridized carbons (Fsp3) is 0.368. The first-order chi connectivity index (χ1) is 13.4. The Kier molecular flexibility index (Phi) is 6.77. The van der Waals surface area contributed by atoms with Crippen LogP contribution in [0.3, 0.4) is 0 Å². The number of amides is 2. The molecule has 0 radical (unpaired) electrons. The summed E-state index contributed by atoms with van der Waals surface area (Å²) >= 11 is 6.94. The topological polar surface area (TPSA) is 73.9 Å².